The highest BCUT2D eigenvalue weighted by Gasteiger charge is 2.26. The highest BCUT2D eigenvalue weighted by molar-refractivity contribution is 7.13. The molecule has 2 N–H and O–H groups in total. The fourth-order valence-electron chi connectivity index (χ4n) is 2.91. The molecule has 0 saturated carbocycles. The third kappa shape index (κ3) is 2.51. The zero-order valence-corrected chi connectivity index (χ0v) is 13.0. The largest absolute Gasteiger partial charge is 0.508 e. The number of carbonyl (C=O) groups excluding carboxylic acids is 1. The number of phenols is 1. The van der Waals surface area contributed by atoms with Crippen molar-refractivity contribution in [2.45, 2.75) is 18.9 Å². The van der Waals surface area contributed by atoms with Crippen molar-refractivity contribution in [2.24, 2.45) is 0 Å². The van der Waals surface area contributed by atoms with Crippen LogP contribution in [0.15, 0.2) is 46.6 Å². The average molecular weight is 326 g/mol. The number of aromatic hydroxyl groups is 1. The van der Waals surface area contributed by atoms with Crippen LogP contribution in [-0.4, -0.2) is 16.0 Å². The SMILES string of the molecule is O=C(N[C@H]1CCc2c(O)cccc21)c1csc(-c2ccoc2)n1. The molecule has 1 amide bonds. The van der Waals surface area contributed by atoms with Gasteiger partial charge in [0.2, 0.25) is 0 Å². The Kier molecular flexibility index (Phi) is 3.38. The predicted molar refractivity (Wildman–Crippen MR) is 86.5 cm³/mol. The molecule has 116 valence electrons. The fourth-order valence-corrected chi connectivity index (χ4v) is 3.70. The van der Waals surface area contributed by atoms with E-state index in [0.717, 1.165) is 34.5 Å². The van der Waals surface area contributed by atoms with Crippen molar-refractivity contribution < 1.29 is 14.3 Å². The minimum atomic E-state index is -0.197. The highest BCUT2D eigenvalue weighted by atomic mass is 32.1. The van der Waals surface area contributed by atoms with Gasteiger partial charge >= 0.3 is 0 Å². The molecule has 1 aliphatic carbocycles. The number of aromatic nitrogens is 1. The molecule has 6 heteroatoms. The standard InChI is InChI=1S/C17H14N2O3S/c20-15-3-1-2-11-12(15)4-5-13(11)18-16(21)14-9-23-17(19-14)10-6-7-22-8-10/h1-3,6-9,13,20H,4-5H2,(H,18,21)/t13-/m0/s1. The molecule has 0 bridgehead atoms. The first-order valence-corrected chi connectivity index (χ1v) is 8.20. The number of phenolic OH excluding ortho intramolecular Hbond substituents is 1. The topological polar surface area (TPSA) is 75.4 Å². The molecular formula is C17H14N2O3S. The van der Waals surface area contributed by atoms with Crippen molar-refractivity contribution in [3.05, 3.63) is 59.0 Å². The van der Waals surface area contributed by atoms with Gasteiger partial charge in [-0.05, 0) is 36.1 Å². The van der Waals surface area contributed by atoms with Crippen LogP contribution in [0.2, 0.25) is 0 Å². The Morgan fingerprint density at radius 3 is 3.13 bits per heavy atom. The van der Waals surface area contributed by atoms with Crippen molar-refractivity contribution in [1.82, 2.24) is 10.3 Å². The van der Waals surface area contributed by atoms with Crippen molar-refractivity contribution >= 4 is 17.2 Å². The molecule has 2 heterocycles. The zero-order valence-electron chi connectivity index (χ0n) is 12.2. The van der Waals surface area contributed by atoms with Gasteiger partial charge in [-0.25, -0.2) is 4.98 Å². The van der Waals surface area contributed by atoms with Gasteiger partial charge in [-0.15, -0.1) is 11.3 Å². The Labute approximate surface area is 136 Å². The Balaban J connectivity index is 1.53. The Morgan fingerprint density at radius 2 is 2.30 bits per heavy atom. The lowest BCUT2D eigenvalue weighted by Gasteiger charge is -2.13. The van der Waals surface area contributed by atoms with E-state index in [1.165, 1.54) is 11.3 Å². The molecular weight excluding hydrogens is 312 g/mol. The van der Waals surface area contributed by atoms with Crippen molar-refractivity contribution in [1.29, 1.82) is 0 Å². The Bertz CT molecular complexity index is 855. The molecule has 0 fully saturated rings. The Hall–Kier alpha value is -2.60. The van der Waals surface area contributed by atoms with Crippen molar-refractivity contribution in [3.8, 4) is 16.3 Å². The number of hydrogen-bond acceptors (Lipinski definition) is 5. The van der Waals surface area contributed by atoms with E-state index in [1.807, 2.05) is 12.1 Å². The maximum Gasteiger partial charge on any atom is 0.271 e. The van der Waals surface area contributed by atoms with Crippen LogP contribution in [0.3, 0.4) is 0 Å². The first kappa shape index (κ1) is 14.0. The van der Waals surface area contributed by atoms with Crippen LogP contribution in [0.5, 0.6) is 5.75 Å². The van der Waals surface area contributed by atoms with Crippen molar-refractivity contribution in [3.63, 3.8) is 0 Å². The van der Waals surface area contributed by atoms with E-state index in [4.69, 9.17) is 4.42 Å². The van der Waals surface area contributed by atoms with Crippen LogP contribution in [0, 0.1) is 0 Å². The zero-order chi connectivity index (χ0) is 15.8. The lowest BCUT2D eigenvalue weighted by molar-refractivity contribution is 0.0932. The molecule has 0 radical (unpaired) electrons. The molecule has 23 heavy (non-hydrogen) atoms. The van der Waals surface area contributed by atoms with Gasteiger partial charge < -0.3 is 14.8 Å². The molecule has 1 aliphatic rings. The number of nitrogens with one attached hydrogen (secondary N) is 1. The predicted octanol–water partition coefficient (Wildman–Crippen LogP) is 3.53. The lowest BCUT2D eigenvalue weighted by atomic mass is 10.1. The molecule has 4 rings (SSSR count). The fraction of sp³-hybridized carbons (Fsp3) is 0.176. The third-order valence-corrected chi connectivity index (χ3v) is 4.95. The first-order chi connectivity index (χ1) is 11.2. The molecule has 1 aromatic carbocycles. The second kappa shape index (κ2) is 5.55. The monoisotopic (exact) mass is 326 g/mol. The number of carbonyl (C=O) groups is 1. The van der Waals surface area contributed by atoms with Crippen LogP contribution in [0.25, 0.3) is 10.6 Å². The van der Waals surface area contributed by atoms with E-state index in [-0.39, 0.29) is 11.9 Å². The van der Waals surface area contributed by atoms with Crippen molar-refractivity contribution in [2.75, 3.05) is 0 Å². The van der Waals surface area contributed by atoms with E-state index in [1.54, 1.807) is 30.0 Å². The molecule has 1 atom stereocenters. The summed E-state index contributed by atoms with van der Waals surface area (Å²) in [6, 6.07) is 7.17. The molecule has 0 aliphatic heterocycles. The van der Waals surface area contributed by atoms with Crippen LogP contribution in [-0.2, 0) is 6.42 Å². The summed E-state index contributed by atoms with van der Waals surface area (Å²) >= 11 is 1.41. The highest BCUT2D eigenvalue weighted by Crippen LogP contribution is 2.36. The summed E-state index contributed by atoms with van der Waals surface area (Å²) in [5.74, 6) is 0.104. The number of fused-ring (bicyclic) bond motifs is 1. The van der Waals surface area contributed by atoms with Gasteiger partial charge in [-0.3, -0.25) is 4.79 Å². The van der Waals surface area contributed by atoms with Crippen LogP contribution in [0.1, 0.15) is 34.1 Å². The average Bonchev–Trinajstić information content (AvgIpc) is 3.28. The van der Waals surface area contributed by atoms with Gasteiger partial charge in [0.1, 0.15) is 22.7 Å². The summed E-state index contributed by atoms with van der Waals surface area (Å²) in [5, 5.41) is 15.4. The van der Waals surface area contributed by atoms with Gasteiger partial charge in [0.25, 0.3) is 5.91 Å². The number of benzene rings is 1. The van der Waals surface area contributed by atoms with Gasteiger partial charge in [0.05, 0.1) is 12.3 Å². The minimum Gasteiger partial charge on any atom is -0.508 e. The summed E-state index contributed by atoms with van der Waals surface area (Å²) in [7, 11) is 0. The number of hydrogen-bond donors (Lipinski definition) is 2. The summed E-state index contributed by atoms with van der Waals surface area (Å²) < 4.78 is 5.04. The van der Waals surface area contributed by atoms with Crippen LogP contribution >= 0.6 is 11.3 Å². The number of amides is 1. The minimum absolute atomic E-state index is 0.0799. The molecule has 2 aromatic heterocycles. The van der Waals surface area contributed by atoms with E-state index in [9.17, 15) is 9.90 Å². The molecule has 0 spiro atoms. The van der Waals surface area contributed by atoms with E-state index in [0.29, 0.717) is 11.4 Å². The normalized spacial score (nSPS) is 16.3. The quantitative estimate of drug-likeness (QED) is 0.772. The number of rotatable bonds is 3. The number of thiazole rings is 1. The third-order valence-electron chi connectivity index (χ3n) is 4.06. The summed E-state index contributed by atoms with van der Waals surface area (Å²) in [4.78, 5) is 16.8. The van der Waals surface area contributed by atoms with Gasteiger partial charge in [0, 0.05) is 10.9 Å². The molecule has 0 unspecified atom stereocenters. The van der Waals surface area contributed by atoms with E-state index >= 15 is 0 Å². The smallest absolute Gasteiger partial charge is 0.271 e. The summed E-state index contributed by atoms with van der Waals surface area (Å²) in [6.45, 7) is 0. The lowest BCUT2D eigenvalue weighted by Crippen LogP contribution is -2.27. The van der Waals surface area contributed by atoms with E-state index in [2.05, 4.69) is 10.3 Å². The van der Waals surface area contributed by atoms with Gasteiger partial charge in [0.15, 0.2) is 0 Å². The second-order valence-electron chi connectivity index (χ2n) is 5.46. The molecule has 0 saturated heterocycles. The molecule has 3 aromatic rings. The maximum absolute atomic E-state index is 12.4. The van der Waals surface area contributed by atoms with Crippen LogP contribution < -0.4 is 5.32 Å². The number of nitrogens with zero attached hydrogens (tertiary/aromatic N) is 1. The Morgan fingerprint density at radius 1 is 1.39 bits per heavy atom. The maximum atomic E-state index is 12.4. The van der Waals surface area contributed by atoms with Gasteiger partial charge in [-0.2, -0.15) is 0 Å². The van der Waals surface area contributed by atoms with E-state index < -0.39 is 0 Å². The summed E-state index contributed by atoms with van der Waals surface area (Å²) in [5.41, 5.74) is 3.18. The number of furan rings is 1. The van der Waals surface area contributed by atoms with Gasteiger partial charge in [-0.1, -0.05) is 12.1 Å². The first-order valence-electron chi connectivity index (χ1n) is 7.32. The summed E-state index contributed by atoms with van der Waals surface area (Å²) in [6.07, 6.45) is 4.75. The second-order valence-corrected chi connectivity index (χ2v) is 6.32. The van der Waals surface area contributed by atoms with Crippen LogP contribution in [0.4, 0.5) is 0 Å². The molecule has 5 nitrogen and oxygen atoms in total.